The van der Waals surface area contributed by atoms with Gasteiger partial charge in [0.25, 0.3) is 5.92 Å². The van der Waals surface area contributed by atoms with Crippen LogP contribution >= 0.6 is 0 Å². The second kappa shape index (κ2) is 7.85. The Labute approximate surface area is 184 Å². The minimum atomic E-state index is -3.05. The standard InChI is InChI=1S/C22H24F2N6O2/c1-13-7-14(9-16(8-13)27-19-25-6-5-17(28-19)22(4,23)24)15-10-26-30(11-15)12-18-21(2,3)29-20(31)32-18/h5-11,18H,12H2,1-4H3,(H,29,31)(H,25,27,28)/t18-/m1/s1. The zero-order chi connectivity index (χ0) is 23.1. The summed E-state index contributed by atoms with van der Waals surface area (Å²) in [6.45, 7) is 6.94. The van der Waals surface area contributed by atoms with Gasteiger partial charge < -0.3 is 15.4 Å². The Morgan fingerprint density at radius 2 is 2.06 bits per heavy atom. The van der Waals surface area contributed by atoms with Gasteiger partial charge in [-0.25, -0.2) is 14.8 Å². The number of halogens is 2. The maximum atomic E-state index is 13.6. The normalized spacial score (nSPS) is 17.7. The van der Waals surface area contributed by atoms with Crippen LogP contribution in [-0.4, -0.2) is 37.5 Å². The Balaban J connectivity index is 1.54. The van der Waals surface area contributed by atoms with Crippen LogP contribution in [0.15, 0.2) is 42.9 Å². The second-order valence-electron chi connectivity index (χ2n) is 8.56. The first-order valence-corrected chi connectivity index (χ1v) is 10.1. The molecule has 10 heteroatoms. The lowest BCUT2D eigenvalue weighted by molar-refractivity contribution is 0.0127. The second-order valence-corrected chi connectivity index (χ2v) is 8.56. The van der Waals surface area contributed by atoms with Gasteiger partial charge >= 0.3 is 6.09 Å². The molecule has 1 aliphatic heterocycles. The molecule has 2 aromatic heterocycles. The summed E-state index contributed by atoms with van der Waals surface area (Å²) in [5, 5.41) is 10.2. The van der Waals surface area contributed by atoms with Crippen molar-refractivity contribution in [3.8, 4) is 11.1 Å². The van der Waals surface area contributed by atoms with Gasteiger partial charge in [0.1, 0.15) is 11.8 Å². The molecule has 0 aliphatic carbocycles. The molecule has 168 valence electrons. The minimum absolute atomic E-state index is 0.0917. The van der Waals surface area contributed by atoms with E-state index in [0.29, 0.717) is 12.2 Å². The molecule has 1 fully saturated rings. The number of aromatic nitrogens is 4. The molecule has 3 heterocycles. The third-order valence-corrected chi connectivity index (χ3v) is 5.24. The number of carbonyl (C=O) groups excluding carboxylic acids is 1. The number of alkyl carbamates (subject to hydrolysis) is 1. The lowest BCUT2D eigenvalue weighted by Gasteiger charge is -2.23. The number of hydrogen-bond donors (Lipinski definition) is 2. The van der Waals surface area contributed by atoms with Gasteiger partial charge in [-0.3, -0.25) is 4.68 Å². The summed E-state index contributed by atoms with van der Waals surface area (Å²) in [4.78, 5) is 19.5. The van der Waals surface area contributed by atoms with E-state index >= 15 is 0 Å². The predicted molar refractivity (Wildman–Crippen MR) is 115 cm³/mol. The molecular weight excluding hydrogens is 418 g/mol. The molecule has 0 unspecified atom stereocenters. The molecule has 1 saturated heterocycles. The van der Waals surface area contributed by atoms with E-state index in [1.165, 1.54) is 12.3 Å². The minimum Gasteiger partial charge on any atom is -0.442 e. The zero-order valence-corrected chi connectivity index (χ0v) is 18.2. The fraction of sp³-hybridized carbons (Fsp3) is 0.364. The molecule has 32 heavy (non-hydrogen) atoms. The Bertz CT molecular complexity index is 1160. The molecular formula is C22H24F2N6O2. The number of rotatable bonds is 6. The Morgan fingerprint density at radius 3 is 2.75 bits per heavy atom. The van der Waals surface area contributed by atoms with Crippen LogP contribution in [0.5, 0.6) is 0 Å². The number of ether oxygens (including phenoxy) is 1. The topological polar surface area (TPSA) is 94.0 Å². The van der Waals surface area contributed by atoms with Crippen molar-refractivity contribution >= 4 is 17.7 Å². The number of hydrogen-bond acceptors (Lipinski definition) is 6. The van der Waals surface area contributed by atoms with Crippen molar-refractivity contribution in [2.24, 2.45) is 0 Å². The van der Waals surface area contributed by atoms with E-state index in [-0.39, 0.29) is 17.7 Å². The highest BCUT2D eigenvalue weighted by Gasteiger charge is 2.41. The molecule has 1 aromatic carbocycles. The van der Waals surface area contributed by atoms with Crippen molar-refractivity contribution in [1.82, 2.24) is 25.1 Å². The fourth-order valence-corrected chi connectivity index (χ4v) is 3.51. The third-order valence-electron chi connectivity index (χ3n) is 5.24. The van der Waals surface area contributed by atoms with Crippen LogP contribution in [0.25, 0.3) is 11.1 Å². The van der Waals surface area contributed by atoms with Crippen LogP contribution < -0.4 is 10.6 Å². The van der Waals surface area contributed by atoms with E-state index in [1.807, 2.05) is 45.2 Å². The molecule has 3 aromatic rings. The molecule has 2 N–H and O–H groups in total. The first kappa shape index (κ1) is 21.7. The highest BCUT2D eigenvalue weighted by molar-refractivity contribution is 5.71. The zero-order valence-electron chi connectivity index (χ0n) is 18.2. The maximum Gasteiger partial charge on any atom is 0.408 e. The van der Waals surface area contributed by atoms with Gasteiger partial charge in [-0.05, 0) is 50.1 Å². The number of nitrogens with one attached hydrogen (secondary N) is 2. The highest BCUT2D eigenvalue weighted by atomic mass is 19.3. The van der Waals surface area contributed by atoms with Gasteiger partial charge in [-0.2, -0.15) is 13.9 Å². The molecule has 4 rings (SSSR count). The molecule has 1 atom stereocenters. The van der Waals surface area contributed by atoms with E-state index in [1.54, 1.807) is 10.9 Å². The Hall–Kier alpha value is -3.56. The first-order chi connectivity index (χ1) is 15.0. The maximum absolute atomic E-state index is 13.6. The van der Waals surface area contributed by atoms with Gasteiger partial charge in [0.15, 0.2) is 0 Å². The molecule has 1 amide bonds. The van der Waals surface area contributed by atoms with Crippen LogP contribution in [0.1, 0.15) is 32.0 Å². The molecule has 0 radical (unpaired) electrons. The molecule has 0 bridgehead atoms. The van der Waals surface area contributed by atoms with Crippen molar-refractivity contribution in [3.63, 3.8) is 0 Å². The molecule has 8 nitrogen and oxygen atoms in total. The summed E-state index contributed by atoms with van der Waals surface area (Å²) in [6, 6.07) is 6.93. The van der Waals surface area contributed by atoms with Crippen molar-refractivity contribution in [2.75, 3.05) is 5.32 Å². The quantitative estimate of drug-likeness (QED) is 0.588. The van der Waals surface area contributed by atoms with E-state index in [0.717, 1.165) is 23.6 Å². The number of carbonyl (C=O) groups is 1. The van der Waals surface area contributed by atoms with Crippen LogP contribution in [0.2, 0.25) is 0 Å². The summed E-state index contributed by atoms with van der Waals surface area (Å²) in [5.41, 5.74) is 2.53. The van der Waals surface area contributed by atoms with E-state index in [9.17, 15) is 13.6 Å². The van der Waals surface area contributed by atoms with Gasteiger partial charge in [0, 0.05) is 30.6 Å². The monoisotopic (exact) mass is 442 g/mol. The van der Waals surface area contributed by atoms with Crippen LogP contribution in [0.3, 0.4) is 0 Å². The molecule has 1 aliphatic rings. The number of cyclic esters (lactones) is 1. The largest absolute Gasteiger partial charge is 0.442 e. The number of benzene rings is 1. The average molecular weight is 442 g/mol. The van der Waals surface area contributed by atoms with Crippen molar-refractivity contribution < 1.29 is 18.3 Å². The van der Waals surface area contributed by atoms with Crippen LogP contribution in [-0.2, 0) is 17.2 Å². The molecule has 0 saturated carbocycles. The Morgan fingerprint density at radius 1 is 1.28 bits per heavy atom. The number of anilines is 2. The average Bonchev–Trinajstić information content (AvgIpc) is 3.24. The Kier molecular flexibility index (Phi) is 5.31. The van der Waals surface area contributed by atoms with Crippen molar-refractivity contribution in [3.05, 3.63) is 54.1 Å². The number of amides is 1. The number of aryl methyl sites for hydroxylation is 1. The van der Waals surface area contributed by atoms with E-state index in [4.69, 9.17) is 4.74 Å². The summed E-state index contributed by atoms with van der Waals surface area (Å²) in [6.07, 6.45) is 4.11. The van der Waals surface area contributed by atoms with E-state index in [2.05, 4.69) is 25.7 Å². The van der Waals surface area contributed by atoms with E-state index < -0.39 is 17.6 Å². The summed E-state index contributed by atoms with van der Waals surface area (Å²) >= 11 is 0. The SMILES string of the molecule is Cc1cc(Nc2nccc(C(C)(F)F)n2)cc(-c2cnn(C[C@H]3OC(=O)NC3(C)C)c2)c1. The number of nitrogens with zero attached hydrogens (tertiary/aromatic N) is 4. The highest BCUT2D eigenvalue weighted by Crippen LogP contribution is 2.29. The van der Waals surface area contributed by atoms with Gasteiger partial charge in [-0.15, -0.1) is 0 Å². The smallest absolute Gasteiger partial charge is 0.408 e. The van der Waals surface area contributed by atoms with Crippen LogP contribution in [0.4, 0.5) is 25.2 Å². The van der Waals surface area contributed by atoms with Crippen LogP contribution in [0, 0.1) is 6.92 Å². The predicted octanol–water partition coefficient (Wildman–Crippen LogP) is 4.39. The summed E-state index contributed by atoms with van der Waals surface area (Å²) in [5.74, 6) is -2.96. The third kappa shape index (κ3) is 4.68. The van der Waals surface area contributed by atoms with Crippen molar-refractivity contribution in [1.29, 1.82) is 0 Å². The fourth-order valence-electron chi connectivity index (χ4n) is 3.51. The van der Waals surface area contributed by atoms with Crippen molar-refractivity contribution in [2.45, 2.75) is 51.8 Å². The van der Waals surface area contributed by atoms with Gasteiger partial charge in [0.2, 0.25) is 5.95 Å². The summed E-state index contributed by atoms with van der Waals surface area (Å²) < 4.78 is 34.2. The summed E-state index contributed by atoms with van der Waals surface area (Å²) in [7, 11) is 0. The number of alkyl halides is 2. The van der Waals surface area contributed by atoms with Gasteiger partial charge in [-0.1, -0.05) is 6.07 Å². The van der Waals surface area contributed by atoms with Gasteiger partial charge in [0.05, 0.1) is 18.3 Å². The lowest BCUT2D eigenvalue weighted by atomic mass is 9.99. The molecule has 0 spiro atoms. The first-order valence-electron chi connectivity index (χ1n) is 10.1. The lowest BCUT2D eigenvalue weighted by Crippen LogP contribution is -2.44.